The number of amidine groups is 1. The van der Waals surface area contributed by atoms with Gasteiger partial charge in [-0.25, -0.2) is 0 Å². The number of oxime groups is 1. The summed E-state index contributed by atoms with van der Waals surface area (Å²) in [5.74, 6) is 0.989. The highest BCUT2D eigenvalue weighted by Gasteiger charge is 2.23. The summed E-state index contributed by atoms with van der Waals surface area (Å²) in [6, 6.07) is 0. The summed E-state index contributed by atoms with van der Waals surface area (Å²) in [5.41, 5.74) is 5.81. The van der Waals surface area contributed by atoms with Crippen molar-refractivity contribution in [3.8, 4) is 0 Å². The first-order valence-corrected chi connectivity index (χ1v) is 7.30. The van der Waals surface area contributed by atoms with Crippen LogP contribution in [0.5, 0.6) is 0 Å². The summed E-state index contributed by atoms with van der Waals surface area (Å²) >= 11 is 0. The van der Waals surface area contributed by atoms with E-state index in [1.54, 1.807) is 0 Å². The van der Waals surface area contributed by atoms with Crippen LogP contribution >= 0.6 is 0 Å². The van der Waals surface area contributed by atoms with E-state index in [-0.39, 0.29) is 5.41 Å². The third-order valence-electron chi connectivity index (χ3n) is 4.14. The van der Waals surface area contributed by atoms with E-state index in [1.165, 1.54) is 0 Å². The van der Waals surface area contributed by atoms with Gasteiger partial charge in [0.1, 0.15) is 5.84 Å². The molecule has 0 saturated heterocycles. The molecule has 0 aliphatic carbocycles. The topological polar surface area (TPSA) is 70.6 Å². The van der Waals surface area contributed by atoms with Crippen LogP contribution in [0.3, 0.4) is 0 Å². The fraction of sp³-hybridized carbons (Fsp3) is 0.933. The van der Waals surface area contributed by atoms with Crippen LogP contribution in [0.4, 0.5) is 0 Å². The Labute approximate surface area is 118 Å². The van der Waals surface area contributed by atoms with Gasteiger partial charge in [0.15, 0.2) is 0 Å². The van der Waals surface area contributed by atoms with Gasteiger partial charge in [-0.15, -0.1) is 0 Å². The molecule has 0 rings (SSSR count). The molecule has 19 heavy (non-hydrogen) atoms. The average molecular weight is 271 g/mol. The highest BCUT2D eigenvalue weighted by Crippen LogP contribution is 2.25. The molecule has 0 aliphatic heterocycles. The summed E-state index contributed by atoms with van der Waals surface area (Å²) in [4.78, 5) is 0. The quantitative estimate of drug-likeness (QED) is 0.209. The van der Waals surface area contributed by atoms with Crippen LogP contribution in [0.2, 0.25) is 0 Å². The van der Waals surface area contributed by atoms with E-state index in [0.717, 1.165) is 32.4 Å². The van der Waals surface area contributed by atoms with Gasteiger partial charge in [0.25, 0.3) is 0 Å². The molecule has 0 bridgehead atoms. The molecule has 0 aromatic rings. The van der Waals surface area contributed by atoms with Gasteiger partial charge in [-0.3, -0.25) is 0 Å². The average Bonchev–Trinajstić information content (AvgIpc) is 2.30. The first kappa shape index (κ1) is 18.2. The lowest BCUT2D eigenvalue weighted by molar-refractivity contribution is 0.252. The van der Waals surface area contributed by atoms with Crippen molar-refractivity contribution in [2.24, 2.45) is 27.6 Å². The van der Waals surface area contributed by atoms with Crippen molar-refractivity contribution in [3.05, 3.63) is 0 Å². The van der Waals surface area contributed by atoms with E-state index in [1.807, 2.05) is 13.8 Å². The molecule has 0 aromatic carbocycles. The molecule has 0 fully saturated rings. The molecule has 0 spiro atoms. The van der Waals surface area contributed by atoms with E-state index in [4.69, 9.17) is 10.9 Å². The normalized spacial score (nSPS) is 15.6. The monoisotopic (exact) mass is 271 g/mol. The Morgan fingerprint density at radius 3 is 2.26 bits per heavy atom. The molecule has 4 N–H and O–H groups in total. The Kier molecular flexibility index (Phi) is 7.42. The van der Waals surface area contributed by atoms with Crippen molar-refractivity contribution in [2.75, 3.05) is 13.1 Å². The van der Waals surface area contributed by atoms with Gasteiger partial charge in [0.05, 0.1) is 0 Å². The lowest BCUT2D eigenvalue weighted by atomic mass is 9.82. The molecule has 0 radical (unpaired) electrons. The van der Waals surface area contributed by atoms with Gasteiger partial charge in [0.2, 0.25) is 0 Å². The van der Waals surface area contributed by atoms with Crippen molar-refractivity contribution in [1.29, 1.82) is 0 Å². The van der Waals surface area contributed by atoms with E-state index in [0.29, 0.717) is 17.2 Å². The number of nitrogens with two attached hydrogens (primary N) is 1. The fourth-order valence-corrected chi connectivity index (χ4v) is 1.71. The first-order chi connectivity index (χ1) is 8.61. The molecule has 4 nitrogen and oxygen atoms in total. The maximum atomic E-state index is 8.70. The zero-order valence-electron chi connectivity index (χ0n) is 13.6. The summed E-state index contributed by atoms with van der Waals surface area (Å²) < 4.78 is 0. The van der Waals surface area contributed by atoms with Gasteiger partial charge in [-0.2, -0.15) is 0 Å². The molecule has 0 aromatic heterocycles. The van der Waals surface area contributed by atoms with Crippen LogP contribution < -0.4 is 11.1 Å². The summed E-state index contributed by atoms with van der Waals surface area (Å²) in [7, 11) is 0. The second-order valence-electron chi connectivity index (χ2n) is 7.30. The molecule has 0 amide bonds. The number of nitrogens with one attached hydrogen (secondary N) is 1. The van der Waals surface area contributed by atoms with Crippen molar-refractivity contribution < 1.29 is 5.21 Å². The minimum atomic E-state index is -0.215. The molecular formula is C15H33N3O. The third-order valence-corrected chi connectivity index (χ3v) is 4.14. The fourth-order valence-electron chi connectivity index (χ4n) is 1.71. The van der Waals surface area contributed by atoms with Gasteiger partial charge >= 0.3 is 0 Å². The standard InChI is InChI=1S/C15H33N3O/c1-12(14(2,3)4)11-17-10-8-7-9-15(5,6)13(16)18-19/h12,17,19H,7-11H2,1-6H3,(H2,16,18). The van der Waals surface area contributed by atoms with E-state index in [9.17, 15) is 0 Å². The molecule has 4 heteroatoms. The molecule has 0 saturated carbocycles. The first-order valence-electron chi connectivity index (χ1n) is 7.30. The number of unbranched alkanes of at least 4 members (excludes halogenated alkanes) is 1. The largest absolute Gasteiger partial charge is 0.409 e. The molecule has 0 heterocycles. The lowest BCUT2D eigenvalue weighted by Gasteiger charge is -2.27. The summed E-state index contributed by atoms with van der Waals surface area (Å²) in [5, 5.41) is 15.3. The van der Waals surface area contributed by atoms with Crippen molar-refractivity contribution >= 4 is 5.84 Å². The maximum absolute atomic E-state index is 8.70. The maximum Gasteiger partial charge on any atom is 0.144 e. The van der Waals surface area contributed by atoms with Gasteiger partial charge in [-0.1, -0.05) is 53.1 Å². The minimum Gasteiger partial charge on any atom is -0.409 e. The zero-order chi connectivity index (χ0) is 15.1. The highest BCUT2D eigenvalue weighted by molar-refractivity contribution is 5.85. The third kappa shape index (κ3) is 7.41. The summed E-state index contributed by atoms with van der Waals surface area (Å²) in [6.07, 6.45) is 3.15. The Morgan fingerprint density at radius 2 is 1.79 bits per heavy atom. The molecule has 114 valence electrons. The second kappa shape index (κ2) is 7.73. The molecule has 1 atom stereocenters. The number of rotatable bonds is 8. The Bertz CT molecular complexity index is 280. The Hall–Kier alpha value is -0.770. The van der Waals surface area contributed by atoms with Crippen LogP contribution in [-0.2, 0) is 0 Å². The van der Waals surface area contributed by atoms with E-state index >= 15 is 0 Å². The SMILES string of the molecule is CC(CNCCCCC(C)(C)C(N)=NO)C(C)(C)C. The number of hydrogen-bond acceptors (Lipinski definition) is 3. The number of nitrogens with zero attached hydrogens (tertiary/aromatic N) is 1. The minimum absolute atomic E-state index is 0.215. The predicted molar refractivity (Wildman–Crippen MR) is 82.5 cm³/mol. The van der Waals surface area contributed by atoms with Crippen LogP contribution in [0.1, 0.15) is 60.8 Å². The molecule has 0 aliphatic rings. The van der Waals surface area contributed by atoms with Crippen LogP contribution in [0, 0.1) is 16.7 Å². The second-order valence-corrected chi connectivity index (χ2v) is 7.30. The zero-order valence-corrected chi connectivity index (χ0v) is 13.6. The van der Waals surface area contributed by atoms with Gasteiger partial charge < -0.3 is 16.3 Å². The summed E-state index contributed by atoms with van der Waals surface area (Å²) in [6.45, 7) is 15.2. The number of hydrogen-bond donors (Lipinski definition) is 3. The Morgan fingerprint density at radius 1 is 1.21 bits per heavy atom. The van der Waals surface area contributed by atoms with E-state index in [2.05, 4.69) is 38.2 Å². The van der Waals surface area contributed by atoms with E-state index < -0.39 is 0 Å². The van der Waals surface area contributed by atoms with Crippen LogP contribution in [0.25, 0.3) is 0 Å². The van der Waals surface area contributed by atoms with Crippen molar-refractivity contribution in [2.45, 2.75) is 60.8 Å². The van der Waals surface area contributed by atoms with Gasteiger partial charge in [0, 0.05) is 5.41 Å². The van der Waals surface area contributed by atoms with Crippen molar-refractivity contribution in [3.63, 3.8) is 0 Å². The lowest BCUT2D eigenvalue weighted by Crippen LogP contribution is -2.32. The van der Waals surface area contributed by atoms with Crippen molar-refractivity contribution in [1.82, 2.24) is 5.32 Å². The predicted octanol–water partition coefficient (Wildman–Crippen LogP) is 3.20. The molecule has 1 unspecified atom stereocenters. The smallest absolute Gasteiger partial charge is 0.144 e. The molecular weight excluding hydrogens is 238 g/mol. The Balaban J connectivity index is 3.73. The van der Waals surface area contributed by atoms with Crippen LogP contribution in [0.15, 0.2) is 5.16 Å². The highest BCUT2D eigenvalue weighted by atomic mass is 16.4. The van der Waals surface area contributed by atoms with Crippen LogP contribution in [-0.4, -0.2) is 24.1 Å². The van der Waals surface area contributed by atoms with Gasteiger partial charge in [-0.05, 0) is 37.3 Å².